The number of halogens is 2. The molecular weight excluding hydrogens is 426 g/mol. The molecule has 2 fully saturated rings. The van der Waals surface area contributed by atoms with E-state index in [1.54, 1.807) is 0 Å². The van der Waals surface area contributed by atoms with Gasteiger partial charge in [0.05, 0.1) is 12.1 Å². The number of nitrogens with two attached hydrogens (primary N) is 1. The molecule has 174 valence electrons. The maximum Gasteiger partial charge on any atom is 0.322 e. The van der Waals surface area contributed by atoms with Gasteiger partial charge in [-0.1, -0.05) is 30.3 Å². The zero-order chi connectivity index (χ0) is 23.8. The van der Waals surface area contributed by atoms with E-state index in [1.165, 1.54) is 11.1 Å². The zero-order valence-electron chi connectivity index (χ0n) is 18.6. The van der Waals surface area contributed by atoms with E-state index in [0.29, 0.717) is 12.8 Å². The highest BCUT2D eigenvalue weighted by atomic mass is 19.1. The number of carbonyl (C=O) groups excluding carboxylic acids is 2. The molecule has 1 saturated heterocycles. The van der Waals surface area contributed by atoms with E-state index in [1.807, 2.05) is 25.3 Å². The molecule has 1 spiro atoms. The minimum Gasteiger partial charge on any atom is -0.366 e. The van der Waals surface area contributed by atoms with Crippen molar-refractivity contribution >= 4 is 17.6 Å². The molecule has 2 aromatic rings. The van der Waals surface area contributed by atoms with Crippen LogP contribution in [0.5, 0.6) is 0 Å². The molecular formula is C25H28F2N4O2. The fourth-order valence-corrected chi connectivity index (χ4v) is 5.25. The lowest BCUT2D eigenvalue weighted by Crippen LogP contribution is -2.49. The molecule has 4 N–H and O–H groups in total. The average molecular weight is 455 g/mol. The summed E-state index contributed by atoms with van der Waals surface area (Å²) >= 11 is 0. The van der Waals surface area contributed by atoms with Crippen LogP contribution in [0.4, 0.5) is 19.3 Å². The van der Waals surface area contributed by atoms with Gasteiger partial charge < -0.3 is 16.4 Å². The third-order valence-corrected chi connectivity index (χ3v) is 7.06. The van der Waals surface area contributed by atoms with Crippen LogP contribution in [0.25, 0.3) is 0 Å². The van der Waals surface area contributed by atoms with Crippen LogP contribution in [0, 0.1) is 11.6 Å². The first kappa shape index (κ1) is 22.9. The molecule has 1 saturated carbocycles. The minimum atomic E-state index is -0.992. The highest BCUT2D eigenvalue weighted by molar-refractivity contribution is 5.97. The van der Waals surface area contributed by atoms with E-state index in [-0.39, 0.29) is 17.5 Å². The SMILES string of the molecule is C=C[C@]1(c2ccccc2CNC)CC[C@]2(CC1)CN(c1c(F)cc(C(N)=O)cc1F)C(=O)N2. The van der Waals surface area contributed by atoms with Gasteiger partial charge in [-0.3, -0.25) is 9.69 Å². The fraction of sp³-hybridized carbons (Fsp3) is 0.360. The molecule has 0 unspecified atom stereocenters. The van der Waals surface area contributed by atoms with Gasteiger partial charge in [0, 0.05) is 17.5 Å². The first-order valence-electron chi connectivity index (χ1n) is 11.0. The van der Waals surface area contributed by atoms with Gasteiger partial charge in [-0.15, -0.1) is 6.58 Å². The normalized spacial score (nSPS) is 24.7. The van der Waals surface area contributed by atoms with Gasteiger partial charge in [0.15, 0.2) is 11.6 Å². The van der Waals surface area contributed by atoms with Gasteiger partial charge in [-0.25, -0.2) is 13.6 Å². The first-order valence-corrected chi connectivity index (χ1v) is 11.0. The van der Waals surface area contributed by atoms with Gasteiger partial charge in [0.2, 0.25) is 5.91 Å². The summed E-state index contributed by atoms with van der Waals surface area (Å²) in [4.78, 5) is 25.2. The molecule has 0 aromatic heterocycles. The van der Waals surface area contributed by atoms with Crippen LogP contribution in [0.3, 0.4) is 0 Å². The van der Waals surface area contributed by atoms with E-state index in [2.05, 4.69) is 29.3 Å². The number of carbonyl (C=O) groups is 2. The number of urea groups is 1. The van der Waals surface area contributed by atoms with Crippen molar-refractivity contribution in [2.45, 2.75) is 43.2 Å². The van der Waals surface area contributed by atoms with Gasteiger partial charge >= 0.3 is 6.03 Å². The molecule has 1 heterocycles. The van der Waals surface area contributed by atoms with Gasteiger partial charge in [0.25, 0.3) is 0 Å². The van der Waals surface area contributed by atoms with Crippen LogP contribution in [0.2, 0.25) is 0 Å². The standard InChI is InChI=1S/C25H28F2N4O2/c1-3-24(18-7-5-4-6-16(18)14-29-2)8-10-25(11-9-24)15-31(23(33)30-25)21-19(26)12-17(22(28)32)13-20(21)27/h3-7,12-13,29H,1,8-11,14-15H2,2H3,(H2,28,32)(H,30,33)/t24-,25-. The lowest BCUT2D eigenvalue weighted by Gasteiger charge is -2.44. The number of amides is 3. The predicted molar refractivity (Wildman–Crippen MR) is 123 cm³/mol. The van der Waals surface area contributed by atoms with Crippen molar-refractivity contribution < 1.29 is 18.4 Å². The summed E-state index contributed by atoms with van der Waals surface area (Å²) in [7, 11) is 1.91. The van der Waals surface area contributed by atoms with Crippen LogP contribution in [0.15, 0.2) is 49.1 Å². The molecule has 2 aliphatic rings. The number of nitrogens with one attached hydrogen (secondary N) is 2. The summed E-state index contributed by atoms with van der Waals surface area (Å²) in [6, 6.07) is 9.42. The Kier molecular flexibility index (Phi) is 5.97. The third-order valence-electron chi connectivity index (χ3n) is 7.06. The Bertz CT molecular complexity index is 1090. The summed E-state index contributed by atoms with van der Waals surface area (Å²) in [5.41, 5.74) is 5.97. The highest BCUT2D eigenvalue weighted by Crippen LogP contribution is 2.47. The molecule has 8 heteroatoms. The molecule has 0 atom stereocenters. The number of primary amides is 1. The summed E-state index contributed by atoms with van der Waals surface area (Å²) in [5.74, 6) is -2.92. The number of hydrogen-bond donors (Lipinski definition) is 3. The van der Waals surface area contributed by atoms with Crippen molar-refractivity contribution in [3.63, 3.8) is 0 Å². The second kappa shape index (κ2) is 8.59. The summed E-state index contributed by atoms with van der Waals surface area (Å²) in [6.45, 7) is 4.99. The minimum absolute atomic E-state index is 0.140. The monoisotopic (exact) mass is 454 g/mol. The number of anilines is 1. The smallest absolute Gasteiger partial charge is 0.322 e. The van der Waals surface area contributed by atoms with Crippen LogP contribution in [-0.2, 0) is 12.0 Å². The van der Waals surface area contributed by atoms with Crippen molar-refractivity contribution in [2.75, 3.05) is 18.5 Å². The van der Waals surface area contributed by atoms with Crippen LogP contribution in [0.1, 0.15) is 47.2 Å². The quantitative estimate of drug-likeness (QED) is 0.581. The molecule has 0 radical (unpaired) electrons. The molecule has 2 aromatic carbocycles. The average Bonchev–Trinajstić information content (AvgIpc) is 3.10. The van der Waals surface area contributed by atoms with Crippen molar-refractivity contribution in [1.82, 2.24) is 10.6 Å². The van der Waals surface area contributed by atoms with Crippen molar-refractivity contribution in [2.24, 2.45) is 5.73 Å². The highest BCUT2D eigenvalue weighted by Gasteiger charge is 2.49. The maximum absolute atomic E-state index is 14.7. The summed E-state index contributed by atoms with van der Waals surface area (Å²) < 4.78 is 29.4. The molecule has 4 rings (SSSR count). The van der Waals surface area contributed by atoms with Gasteiger partial charge in [-0.2, -0.15) is 0 Å². The second-order valence-corrected chi connectivity index (χ2v) is 9.00. The summed E-state index contributed by atoms with van der Waals surface area (Å²) in [6.07, 6.45) is 4.76. The number of benzene rings is 2. The molecule has 33 heavy (non-hydrogen) atoms. The Labute approximate surface area is 191 Å². The van der Waals surface area contributed by atoms with E-state index in [0.717, 1.165) is 36.4 Å². The first-order chi connectivity index (χ1) is 15.7. The number of allylic oxidation sites excluding steroid dienone is 1. The second-order valence-electron chi connectivity index (χ2n) is 9.00. The van der Waals surface area contributed by atoms with E-state index >= 15 is 0 Å². The Morgan fingerprint density at radius 3 is 2.42 bits per heavy atom. The number of hydrogen-bond acceptors (Lipinski definition) is 3. The maximum atomic E-state index is 14.7. The van der Waals surface area contributed by atoms with Crippen LogP contribution < -0.4 is 21.3 Å². The lowest BCUT2D eigenvalue weighted by molar-refractivity contribution is 0.0999. The van der Waals surface area contributed by atoms with Gasteiger partial charge in [-0.05, 0) is 56.0 Å². The van der Waals surface area contributed by atoms with E-state index < -0.39 is 34.8 Å². The van der Waals surface area contributed by atoms with Crippen LogP contribution in [-0.4, -0.2) is 31.1 Å². The molecule has 6 nitrogen and oxygen atoms in total. The Hall–Kier alpha value is -3.26. The fourth-order valence-electron chi connectivity index (χ4n) is 5.25. The third kappa shape index (κ3) is 3.99. The van der Waals surface area contributed by atoms with E-state index in [4.69, 9.17) is 5.73 Å². The molecule has 1 aliphatic carbocycles. The number of nitrogens with zero attached hydrogens (tertiary/aromatic N) is 1. The van der Waals surface area contributed by atoms with Crippen molar-refractivity contribution in [3.05, 3.63) is 77.4 Å². The largest absolute Gasteiger partial charge is 0.366 e. The van der Waals surface area contributed by atoms with Crippen molar-refractivity contribution in [3.8, 4) is 0 Å². The molecule has 1 aliphatic heterocycles. The van der Waals surface area contributed by atoms with Gasteiger partial charge in [0.1, 0.15) is 5.69 Å². The zero-order valence-corrected chi connectivity index (χ0v) is 18.6. The Morgan fingerprint density at radius 2 is 1.85 bits per heavy atom. The number of rotatable bonds is 6. The topological polar surface area (TPSA) is 87.5 Å². The predicted octanol–water partition coefficient (Wildman–Crippen LogP) is 3.75. The molecule has 3 amide bonds. The molecule has 0 bridgehead atoms. The Morgan fingerprint density at radius 1 is 1.21 bits per heavy atom. The van der Waals surface area contributed by atoms with E-state index in [9.17, 15) is 18.4 Å². The van der Waals surface area contributed by atoms with Crippen LogP contribution >= 0.6 is 0 Å². The van der Waals surface area contributed by atoms with Crippen molar-refractivity contribution in [1.29, 1.82) is 0 Å². The summed E-state index contributed by atoms with van der Waals surface area (Å²) in [5, 5.41) is 6.18. The Balaban J connectivity index is 1.58. The lowest BCUT2D eigenvalue weighted by atomic mass is 9.63.